The van der Waals surface area contributed by atoms with Crippen molar-refractivity contribution in [3.63, 3.8) is 0 Å². The third-order valence-electron chi connectivity index (χ3n) is 5.00. The number of carbonyl (C=O) groups excluding carboxylic acids is 1. The Labute approximate surface area is 189 Å². The van der Waals surface area contributed by atoms with Crippen LogP contribution in [0.5, 0.6) is 0 Å². The molecule has 2 aromatic carbocycles. The van der Waals surface area contributed by atoms with E-state index in [0.29, 0.717) is 17.3 Å². The van der Waals surface area contributed by atoms with Gasteiger partial charge in [0.2, 0.25) is 5.01 Å². The average molecular weight is 450 g/mol. The lowest BCUT2D eigenvalue weighted by Crippen LogP contribution is -2.22. The highest BCUT2D eigenvalue weighted by atomic mass is 32.2. The standard InChI is InChI=1S/C23H23N5OS2/c1-15-7-9-18(10-8-15)13-25-21(29)22-27-26-20(31-22)14-30-23-24-11-12-28(23)19-6-4-5-16(2)17(19)3/h4-12H,13-14H2,1-3H3,(H,25,29). The van der Waals surface area contributed by atoms with Gasteiger partial charge in [0.1, 0.15) is 5.01 Å². The highest BCUT2D eigenvalue weighted by Gasteiger charge is 2.15. The number of hydrogen-bond acceptors (Lipinski definition) is 6. The van der Waals surface area contributed by atoms with Gasteiger partial charge in [-0.25, -0.2) is 4.98 Å². The van der Waals surface area contributed by atoms with Crippen molar-refractivity contribution in [3.8, 4) is 5.69 Å². The van der Waals surface area contributed by atoms with Crippen LogP contribution in [0.4, 0.5) is 0 Å². The zero-order chi connectivity index (χ0) is 21.8. The Morgan fingerprint density at radius 3 is 2.71 bits per heavy atom. The Kier molecular flexibility index (Phi) is 6.48. The highest BCUT2D eigenvalue weighted by Crippen LogP contribution is 2.27. The molecule has 0 aliphatic rings. The predicted octanol–water partition coefficient (Wildman–Crippen LogP) is 4.87. The van der Waals surface area contributed by atoms with E-state index in [-0.39, 0.29) is 5.91 Å². The van der Waals surface area contributed by atoms with Crippen LogP contribution in [0.3, 0.4) is 0 Å². The Hall–Kier alpha value is -2.97. The number of amides is 1. The molecule has 0 aliphatic heterocycles. The molecule has 31 heavy (non-hydrogen) atoms. The van der Waals surface area contributed by atoms with E-state index < -0.39 is 0 Å². The number of nitrogens with zero attached hydrogens (tertiary/aromatic N) is 4. The first kappa shape index (κ1) is 21.3. The minimum atomic E-state index is -0.203. The molecule has 6 nitrogen and oxygen atoms in total. The van der Waals surface area contributed by atoms with Crippen molar-refractivity contribution >= 4 is 29.0 Å². The normalized spacial score (nSPS) is 10.9. The zero-order valence-corrected chi connectivity index (χ0v) is 19.3. The van der Waals surface area contributed by atoms with Crippen LogP contribution in [0.15, 0.2) is 60.0 Å². The topological polar surface area (TPSA) is 72.7 Å². The molecule has 1 amide bonds. The van der Waals surface area contributed by atoms with Crippen LogP contribution >= 0.6 is 23.1 Å². The van der Waals surface area contributed by atoms with E-state index >= 15 is 0 Å². The van der Waals surface area contributed by atoms with Crippen LogP contribution in [0.25, 0.3) is 5.69 Å². The molecular formula is C23H23N5OS2. The summed E-state index contributed by atoms with van der Waals surface area (Å²) in [5.74, 6) is 0.399. The first-order valence-corrected chi connectivity index (χ1v) is 11.7. The van der Waals surface area contributed by atoms with E-state index in [4.69, 9.17) is 0 Å². The molecule has 4 rings (SSSR count). The van der Waals surface area contributed by atoms with Gasteiger partial charge < -0.3 is 5.32 Å². The van der Waals surface area contributed by atoms with Gasteiger partial charge in [0.25, 0.3) is 5.91 Å². The number of imidazole rings is 1. The maximum Gasteiger partial charge on any atom is 0.282 e. The molecule has 0 aliphatic carbocycles. The minimum Gasteiger partial charge on any atom is -0.346 e. The SMILES string of the molecule is Cc1ccc(CNC(=O)c2nnc(CSc3nccn3-c3cccc(C)c3C)s2)cc1. The number of hydrogen-bond donors (Lipinski definition) is 1. The molecule has 1 N–H and O–H groups in total. The molecule has 0 unspecified atom stereocenters. The molecule has 158 valence electrons. The smallest absolute Gasteiger partial charge is 0.282 e. The molecule has 0 bridgehead atoms. The van der Waals surface area contributed by atoms with Crippen LogP contribution in [0.2, 0.25) is 0 Å². The fourth-order valence-corrected chi connectivity index (χ4v) is 4.78. The second kappa shape index (κ2) is 9.45. The van der Waals surface area contributed by atoms with Crippen molar-refractivity contribution in [1.82, 2.24) is 25.1 Å². The van der Waals surface area contributed by atoms with E-state index in [2.05, 4.69) is 57.1 Å². The van der Waals surface area contributed by atoms with E-state index in [1.54, 1.807) is 18.0 Å². The van der Waals surface area contributed by atoms with Crippen LogP contribution in [-0.4, -0.2) is 25.7 Å². The van der Waals surface area contributed by atoms with Crippen molar-refractivity contribution < 1.29 is 4.79 Å². The summed E-state index contributed by atoms with van der Waals surface area (Å²) in [6.45, 7) is 6.73. The van der Waals surface area contributed by atoms with Gasteiger partial charge in [-0.2, -0.15) is 0 Å². The second-order valence-corrected chi connectivity index (χ2v) is 9.26. The van der Waals surface area contributed by atoms with E-state index in [9.17, 15) is 4.79 Å². The monoisotopic (exact) mass is 449 g/mol. The van der Waals surface area contributed by atoms with E-state index in [0.717, 1.165) is 21.4 Å². The molecule has 2 aromatic heterocycles. The Morgan fingerprint density at radius 1 is 1.10 bits per heavy atom. The highest BCUT2D eigenvalue weighted by molar-refractivity contribution is 7.98. The van der Waals surface area contributed by atoms with Gasteiger partial charge in [-0.05, 0) is 43.5 Å². The molecule has 0 atom stereocenters. The fraction of sp³-hybridized carbons (Fsp3) is 0.217. The summed E-state index contributed by atoms with van der Waals surface area (Å²) in [7, 11) is 0. The minimum absolute atomic E-state index is 0.203. The Balaban J connectivity index is 1.38. The van der Waals surface area contributed by atoms with Crippen LogP contribution in [-0.2, 0) is 12.3 Å². The maximum absolute atomic E-state index is 12.4. The largest absolute Gasteiger partial charge is 0.346 e. The summed E-state index contributed by atoms with van der Waals surface area (Å²) in [6, 6.07) is 14.3. The first-order valence-electron chi connectivity index (χ1n) is 9.90. The quantitative estimate of drug-likeness (QED) is 0.408. The molecule has 0 fully saturated rings. The van der Waals surface area contributed by atoms with Gasteiger partial charge in [-0.3, -0.25) is 9.36 Å². The van der Waals surface area contributed by atoms with Gasteiger partial charge in [0.15, 0.2) is 5.16 Å². The molecule has 0 spiro atoms. The number of aromatic nitrogens is 4. The van der Waals surface area contributed by atoms with Crippen LogP contribution < -0.4 is 5.32 Å². The Morgan fingerprint density at radius 2 is 1.90 bits per heavy atom. The molecule has 0 saturated carbocycles. The molecule has 0 saturated heterocycles. The van der Waals surface area contributed by atoms with Crippen LogP contribution in [0, 0.1) is 20.8 Å². The summed E-state index contributed by atoms with van der Waals surface area (Å²) in [4.78, 5) is 16.9. The number of rotatable bonds is 7. The van der Waals surface area contributed by atoms with E-state index in [1.165, 1.54) is 28.0 Å². The van der Waals surface area contributed by atoms with Crippen molar-refractivity contribution in [2.75, 3.05) is 0 Å². The van der Waals surface area contributed by atoms with Gasteiger partial charge in [-0.15, -0.1) is 10.2 Å². The van der Waals surface area contributed by atoms with Gasteiger partial charge in [0, 0.05) is 18.9 Å². The van der Waals surface area contributed by atoms with Gasteiger partial charge in [0.05, 0.1) is 11.4 Å². The lowest BCUT2D eigenvalue weighted by Gasteiger charge is -2.11. The second-order valence-electron chi connectivity index (χ2n) is 7.26. The fourth-order valence-electron chi connectivity index (χ4n) is 3.07. The summed E-state index contributed by atoms with van der Waals surface area (Å²) >= 11 is 2.90. The number of carbonyl (C=O) groups is 1. The molecule has 0 radical (unpaired) electrons. The number of nitrogens with one attached hydrogen (secondary N) is 1. The Bertz CT molecular complexity index is 1200. The van der Waals surface area contributed by atoms with Crippen molar-refractivity contribution in [1.29, 1.82) is 0 Å². The zero-order valence-electron chi connectivity index (χ0n) is 17.6. The van der Waals surface area contributed by atoms with Crippen molar-refractivity contribution in [2.45, 2.75) is 38.2 Å². The lowest BCUT2D eigenvalue weighted by molar-refractivity contribution is 0.0950. The summed E-state index contributed by atoms with van der Waals surface area (Å²) in [5, 5.41) is 13.2. The van der Waals surface area contributed by atoms with Crippen molar-refractivity contribution in [2.24, 2.45) is 0 Å². The van der Waals surface area contributed by atoms with Crippen LogP contribution in [0.1, 0.15) is 37.1 Å². The summed E-state index contributed by atoms with van der Waals surface area (Å²) in [6.07, 6.45) is 3.77. The van der Waals surface area contributed by atoms with Gasteiger partial charge >= 0.3 is 0 Å². The van der Waals surface area contributed by atoms with Gasteiger partial charge in [-0.1, -0.05) is 65.1 Å². The number of thioether (sulfide) groups is 1. The average Bonchev–Trinajstić information content (AvgIpc) is 3.43. The summed E-state index contributed by atoms with van der Waals surface area (Å²) < 4.78 is 2.09. The predicted molar refractivity (Wildman–Crippen MR) is 125 cm³/mol. The third kappa shape index (κ3) is 5.03. The summed E-state index contributed by atoms with van der Waals surface area (Å²) in [5.41, 5.74) is 5.84. The molecular weight excluding hydrogens is 426 g/mol. The number of aryl methyl sites for hydroxylation is 2. The molecule has 4 aromatic rings. The lowest BCUT2D eigenvalue weighted by atomic mass is 10.1. The maximum atomic E-state index is 12.4. The molecule has 2 heterocycles. The molecule has 8 heteroatoms. The van der Waals surface area contributed by atoms with E-state index in [1.807, 2.05) is 37.4 Å². The number of benzene rings is 2. The van der Waals surface area contributed by atoms with Crippen molar-refractivity contribution in [3.05, 3.63) is 87.1 Å². The third-order valence-corrected chi connectivity index (χ3v) is 7.08. The first-order chi connectivity index (χ1) is 15.0.